The largest absolute Gasteiger partial charge is 0.491 e. The van der Waals surface area contributed by atoms with Crippen molar-refractivity contribution in [2.24, 2.45) is 5.92 Å². The van der Waals surface area contributed by atoms with Crippen molar-refractivity contribution in [3.05, 3.63) is 24.3 Å². The van der Waals surface area contributed by atoms with Crippen LogP contribution in [0.25, 0.3) is 0 Å². The Morgan fingerprint density at radius 3 is 2.68 bits per heavy atom. The van der Waals surface area contributed by atoms with E-state index in [-0.39, 0.29) is 18.7 Å². The number of carbonyl (C=O) groups excluding carboxylic acids is 1. The molecule has 22 heavy (non-hydrogen) atoms. The van der Waals surface area contributed by atoms with E-state index in [1.54, 1.807) is 0 Å². The van der Waals surface area contributed by atoms with Crippen LogP contribution in [0.2, 0.25) is 0 Å². The van der Waals surface area contributed by atoms with Gasteiger partial charge in [0.15, 0.2) is 0 Å². The molecule has 1 fully saturated rings. The molecule has 0 radical (unpaired) electrons. The number of nitrogens with one attached hydrogen (secondary N) is 2. The third kappa shape index (κ3) is 4.91. The number of hydrogen-bond donors (Lipinski definition) is 3. The first kappa shape index (κ1) is 16.6. The summed E-state index contributed by atoms with van der Waals surface area (Å²) >= 11 is 0. The number of rotatable bonds is 6. The van der Waals surface area contributed by atoms with Gasteiger partial charge in [0.1, 0.15) is 5.75 Å². The first-order valence-electron chi connectivity index (χ1n) is 8.13. The zero-order valence-electron chi connectivity index (χ0n) is 13.2. The van der Waals surface area contributed by atoms with Gasteiger partial charge in [-0.05, 0) is 50.2 Å². The molecule has 0 unspecified atom stereocenters. The van der Waals surface area contributed by atoms with E-state index < -0.39 is 0 Å². The van der Waals surface area contributed by atoms with Gasteiger partial charge in [0, 0.05) is 12.6 Å². The average molecular weight is 306 g/mol. The smallest absolute Gasteiger partial charge is 0.319 e. The number of para-hydroxylation sites is 2. The van der Waals surface area contributed by atoms with E-state index in [4.69, 9.17) is 9.84 Å². The lowest BCUT2D eigenvalue weighted by Gasteiger charge is -2.28. The second-order valence-electron chi connectivity index (χ2n) is 5.84. The van der Waals surface area contributed by atoms with Crippen molar-refractivity contribution in [2.75, 3.05) is 18.5 Å². The quantitative estimate of drug-likeness (QED) is 0.756. The van der Waals surface area contributed by atoms with Crippen LogP contribution in [0, 0.1) is 5.92 Å². The molecule has 5 heteroatoms. The minimum atomic E-state index is -0.194. The highest BCUT2D eigenvalue weighted by Gasteiger charge is 2.22. The monoisotopic (exact) mass is 306 g/mol. The fourth-order valence-electron chi connectivity index (χ4n) is 2.74. The number of aliphatic hydroxyl groups is 1. The lowest BCUT2D eigenvalue weighted by molar-refractivity contribution is 0.176. The summed E-state index contributed by atoms with van der Waals surface area (Å²) in [5.74, 6) is 1.09. The molecule has 1 saturated carbocycles. The van der Waals surface area contributed by atoms with Crippen LogP contribution in [0.1, 0.15) is 39.0 Å². The highest BCUT2D eigenvalue weighted by Crippen LogP contribution is 2.25. The van der Waals surface area contributed by atoms with Crippen molar-refractivity contribution in [2.45, 2.75) is 45.1 Å². The van der Waals surface area contributed by atoms with E-state index >= 15 is 0 Å². The van der Waals surface area contributed by atoms with Gasteiger partial charge >= 0.3 is 6.03 Å². The fraction of sp³-hybridized carbons (Fsp3) is 0.588. The van der Waals surface area contributed by atoms with Crippen molar-refractivity contribution in [1.29, 1.82) is 0 Å². The van der Waals surface area contributed by atoms with Crippen molar-refractivity contribution in [1.82, 2.24) is 5.32 Å². The number of benzene rings is 1. The maximum absolute atomic E-state index is 12.1. The Labute approximate surface area is 132 Å². The predicted octanol–water partition coefficient (Wildman–Crippen LogP) is 3.15. The normalized spacial score (nSPS) is 21.2. The van der Waals surface area contributed by atoms with Crippen LogP contribution in [0.3, 0.4) is 0 Å². The van der Waals surface area contributed by atoms with Crippen LogP contribution in [0.4, 0.5) is 10.5 Å². The lowest BCUT2D eigenvalue weighted by Crippen LogP contribution is -2.40. The third-order valence-electron chi connectivity index (χ3n) is 4.04. The van der Waals surface area contributed by atoms with Gasteiger partial charge in [-0.15, -0.1) is 0 Å². The molecule has 0 heterocycles. The summed E-state index contributed by atoms with van der Waals surface area (Å²) < 4.78 is 5.64. The van der Waals surface area contributed by atoms with E-state index in [1.165, 1.54) is 0 Å². The summed E-state index contributed by atoms with van der Waals surface area (Å²) in [5, 5.41) is 15.0. The molecule has 1 aromatic rings. The summed E-state index contributed by atoms with van der Waals surface area (Å²) in [6.45, 7) is 2.93. The van der Waals surface area contributed by atoms with Gasteiger partial charge in [-0.1, -0.05) is 19.1 Å². The molecule has 1 aromatic carbocycles. The summed E-state index contributed by atoms with van der Waals surface area (Å²) in [5.41, 5.74) is 0.692. The first-order valence-corrected chi connectivity index (χ1v) is 8.13. The molecule has 0 bridgehead atoms. The molecule has 2 amide bonds. The molecule has 122 valence electrons. The zero-order chi connectivity index (χ0) is 15.8. The molecular formula is C17H26N2O3. The molecular weight excluding hydrogens is 280 g/mol. The first-order chi connectivity index (χ1) is 10.7. The summed E-state index contributed by atoms with van der Waals surface area (Å²) in [7, 11) is 0. The second kappa shape index (κ2) is 8.63. The molecule has 0 aromatic heterocycles. The Bertz CT molecular complexity index is 471. The molecule has 5 nitrogen and oxygen atoms in total. The minimum absolute atomic E-state index is 0.187. The molecule has 2 rings (SSSR count). The van der Waals surface area contributed by atoms with Crippen molar-refractivity contribution in [3.8, 4) is 5.75 Å². The van der Waals surface area contributed by atoms with Gasteiger partial charge in [-0.2, -0.15) is 0 Å². The van der Waals surface area contributed by atoms with Crippen LogP contribution >= 0.6 is 0 Å². The number of carbonyl (C=O) groups is 1. The summed E-state index contributed by atoms with van der Waals surface area (Å²) in [6.07, 6.45) is 4.71. The van der Waals surface area contributed by atoms with Gasteiger partial charge < -0.3 is 20.5 Å². The van der Waals surface area contributed by atoms with E-state index in [1.807, 2.05) is 31.2 Å². The second-order valence-corrected chi connectivity index (χ2v) is 5.84. The number of anilines is 1. The summed E-state index contributed by atoms with van der Waals surface area (Å²) in [6, 6.07) is 7.46. The standard InChI is InChI=1S/C17H26N2O3/c1-2-11-22-16-6-4-3-5-15(16)19-17(21)18-14-9-7-13(12-20)8-10-14/h3-6,13-14,20H,2,7-12H2,1H3,(H2,18,19,21). The molecule has 3 N–H and O–H groups in total. The number of aliphatic hydroxyl groups excluding tert-OH is 1. The van der Waals surface area contributed by atoms with Crippen LogP contribution in [-0.4, -0.2) is 30.4 Å². The van der Waals surface area contributed by atoms with E-state index in [0.29, 0.717) is 24.0 Å². The van der Waals surface area contributed by atoms with Crippen LogP contribution in [0.5, 0.6) is 5.75 Å². The Balaban J connectivity index is 1.84. The van der Waals surface area contributed by atoms with E-state index in [2.05, 4.69) is 10.6 Å². The lowest BCUT2D eigenvalue weighted by atomic mass is 9.87. The predicted molar refractivity (Wildman–Crippen MR) is 87.2 cm³/mol. The highest BCUT2D eigenvalue weighted by molar-refractivity contribution is 5.91. The molecule has 0 aliphatic heterocycles. The maximum Gasteiger partial charge on any atom is 0.319 e. The Morgan fingerprint density at radius 1 is 1.27 bits per heavy atom. The molecule has 0 spiro atoms. The third-order valence-corrected chi connectivity index (χ3v) is 4.04. The van der Waals surface area contributed by atoms with E-state index in [0.717, 1.165) is 32.1 Å². The number of amides is 2. The fourth-order valence-corrected chi connectivity index (χ4v) is 2.74. The van der Waals surface area contributed by atoms with Gasteiger partial charge in [0.05, 0.1) is 12.3 Å². The Hall–Kier alpha value is -1.75. The Morgan fingerprint density at radius 2 is 2.00 bits per heavy atom. The van der Waals surface area contributed by atoms with Crippen LogP contribution < -0.4 is 15.4 Å². The number of ether oxygens (including phenoxy) is 1. The van der Waals surface area contributed by atoms with Crippen LogP contribution in [-0.2, 0) is 0 Å². The van der Waals surface area contributed by atoms with Crippen molar-refractivity contribution >= 4 is 11.7 Å². The average Bonchev–Trinajstić information content (AvgIpc) is 2.54. The molecule has 0 atom stereocenters. The highest BCUT2D eigenvalue weighted by atomic mass is 16.5. The number of hydrogen-bond acceptors (Lipinski definition) is 3. The SMILES string of the molecule is CCCOc1ccccc1NC(=O)NC1CCC(CO)CC1. The number of urea groups is 1. The topological polar surface area (TPSA) is 70.6 Å². The van der Waals surface area contributed by atoms with Gasteiger partial charge in [-0.3, -0.25) is 0 Å². The van der Waals surface area contributed by atoms with Crippen molar-refractivity contribution in [3.63, 3.8) is 0 Å². The summed E-state index contributed by atoms with van der Waals surface area (Å²) in [4.78, 5) is 12.1. The van der Waals surface area contributed by atoms with Crippen molar-refractivity contribution < 1.29 is 14.6 Å². The maximum atomic E-state index is 12.1. The Kier molecular flexibility index (Phi) is 6.52. The molecule has 0 saturated heterocycles. The molecule has 1 aliphatic carbocycles. The van der Waals surface area contributed by atoms with E-state index in [9.17, 15) is 4.79 Å². The zero-order valence-corrected chi connectivity index (χ0v) is 13.2. The van der Waals surface area contributed by atoms with Gasteiger partial charge in [-0.25, -0.2) is 4.79 Å². The molecule has 1 aliphatic rings. The van der Waals surface area contributed by atoms with Crippen LogP contribution in [0.15, 0.2) is 24.3 Å². The minimum Gasteiger partial charge on any atom is -0.491 e. The van der Waals surface area contributed by atoms with Gasteiger partial charge in [0.25, 0.3) is 0 Å². The van der Waals surface area contributed by atoms with Gasteiger partial charge in [0.2, 0.25) is 0 Å².